The molecule has 1 saturated carbocycles. The monoisotopic (exact) mass is 623 g/mol. The third-order valence-corrected chi connectivity index (χ3v) is 9.20. The summed E-state index contributed by atoms with van der Waals surface area (Å²) in [5.41, 5.74) is 6.66. The van der Waals surface area contributed by atoms with Crippen molar-refractivity contribution in [2.24, 2.45) is 5.92 Å². The fourth-order valence-electron chi connectivity index (χ4n) is 5.97. The standard InChI is InChI=1S/C33H30FN7O3S/c1-45(43,44)10-9-19-11-21(13-24(34)12-19)26-7-4-8-28-29(26)39-32(38-28)30-27-15-23(17-36-31(27)41-40-30)22-14-25(18-35-16-22)37-33(42)20-5-2-3-6-20/h4,7-8,11-18,20H,2-3,5-6,9-10H2,1H3,(H,37,42)(H,38,39)(H,36,40,41). The Bertz CT molecular complexity index is 2190. The molecule has 10 nitrogen and oxygen atoms in total. The van der Waals surface area contributed by atoms with E-state index in [0.717, 1.165) is 47.7 Å². The number of amides is 1. The highest BCUT2D eigenvalue weighted by Crippen LogP contribution is 2.34. The highest BCUT2D eigenvalue weighted by molar-refractivity contribution is 7.90. The van der Waals surface area contributed by atoms with Crippen LogP contribution < -0.4 is 5.32 Å². The fourth-order valence-corrected chi connectivity index (χ4v) is 6.58. The number of aromatic nitrogens is 6. The molecule has 12 heteroatoms. The van der Waals surface area contributed by atoms with Crippen molar-refractivity contribution in [3.05, 3.63) is 78.5 Å². The molecule has 0 bridgehead atoms. The molecule has 1 aliphatic rings. The van der Waals surface area contributed by atoms with Crippen LogP contribution in [0.4, 0.5) is 10.1 Å². The first kappa shape index (κ1) is 28.8. The number of benzene rings is 2. The third-order valence-electron chi connectivity index (χ3n) is 8.25. The smallest absolute Gasteiger partial charge is 0.227 e. The van der Waals surface area contributed by atoms with Gasteiger partial charge in [0.2, 0.25) is 5.91 Å². The highest BCUT2D eigenvalue weighted by Gasteiger charge is 2.23. The Hall–Kier alpha value is -4.97. The number of pyridine rings is 2. The lowest BCUT2D eigenvalue weighted by Crippen LogP contribution is -2.20. The molecule has 3 N–H and O–H groups in total. The molecule has 1 amide bonds. The van der Waals surface area contributed by atoms with Crippen molar-refractivity contribution in [1.29, 1.82) is 0 Å². The zero-order valence-corrected chi connectivity index (χ0v) is 25.3. The van der Waals surface area contributed by atoms with Gasteiger partial charge in [0, 0.05) is 41.3 Å². The first-order valence-electron chi connectivity index (χ1n) is 14.8. The number of aromatic amines is 2. The normalized spacial score (nSPS) is 14.0. The molecule has 0 saturated heterocycles. The van der Waals surface area contributed by atoms with Crippen LogP contribution in [0.2, 0.25) is 0 Å². The van der Waals surface area contributed by atoms with Crippen LogP contribution in [-0.4, -0.2) is 56.5 Å². The molecule has 1 aliphatic carbocycles. The number of anilines is 1. The summed E-state index contributed by atoms with van der Waals surface area (Å²) in [6.07, 6.45) is 10.5. The topological polar surface area (TPSA) is 146 Å². The maximum Gasteiger partial charge on any atom is 0.227 e. The lowest BCUT2D eigenvalue weighted by molar-refractivity contribution is -0.119. The number of imidazole rings is 1. The Morgan fingerprint density at radius 1 is 1.02 bits per heavy atom. The quantitative estimate of drug-likeness (QED) is 0.186. The van der Waals surface area contributed by atoms with Gasteiger partial charge in [0.1, 0.15) is 21.3 Å². The van der Waals surface area contributed by atoms with Gasteiger partial charge in [-0.2, -0.15) is 5.10 Å². The van der Waals surface area contributed by atoms with Crippen molar-refractivity contribution in [2.45, 2.75) is 32.1 Å². The second-order valence-electron chi connectivity index (χ2n) is 11.6. The minimum absolute atomic E-state index is 0.0322. The number of para-hydroxylation sites is 1. The van der Waals surface area contributed by atoms with Gasteiger partial charge >= 0.3 is 0 Å². The van der Waals surface area contributed by atoms with Gasteiger partial charge in [0.05, 0.1) is 34.1 Å². The van der Waals surface area contributed by atoms with E-state index in [2.05, 4.69) is 30.5 Å². The summed E-state index contributed by atoms with van der Waals surface area (Å²) in [7, 11) is -3.19. The van der Waals surface area contributed by atoms with Gasteiger partial charge in [-0.1, -0.05) is 31.0 Å². The molecule has 0 atom stereocenters. The number of aryl methyl sites for hydroxylation is 1. The van der Waals surface area contributed by atoms with Gasteiger partial charge in [-0.05, 0) is 60.7 Å². The molecular weight excluding hydrogens is 593 g/mol. The van der Waals surface area contributed by atoms with Gasteiger partial charge in [0.15, 0.2) is 11.5 Å². The minimum Gasteiger partial charge on any atom is -0.337 e. The average molecular weight is 624 g/mol. The molecule has 2 aromatic carbocycles. The van der Waals surface area contributed by atoms with Crippen LogP contribution in [0, 0.1) is 11.7 Å². The Balaban J connectivity index is 1.22. The number of hydrogen-bond donors (Lipinski definition) is 3. The van der Waals surface area contributed by atoms with E-state index < -0.39 is 15.7 Å². The van der Waals surface area contributed by atoms with Crippen LogP contribution >= 0.6 is 0 Å². The number of carbonyl (C=O) groups is 1. The summed E-state index contributed by atoms with van der Waals surface area (Å²) in [6.45, 7) is 0. The zero-order valence-electron chi connectivity index (χ0n) is 24.5. The summed E-state index contributed by atoms with van der Waals surface area (Å²) in [6, 6.07) is 14.0. The molecule has 0 unspecified atom stereocenters. The molecular formula is C33H30FN7O3S. The Labute approximate surface area is 258 Å². The molecule has 7 rings (SSSR count). The first-order chi connectivity index (χ1) is 21.7. The molecule has 1 fully saturated rings. The van der Waals surface area contributed by atoms with Crippen LogP contribution in [0.1, 0.15) is 31.2 Å². The van der Waals surface area contributed by atoms with Crippen LogP contribution in [0.5, 0.6) is 0 Å². The first-order valence-corrected chi connectivity index (χ1v) is 16.8. The second kappa shape index (κ2) is 11.5. The van der Waals surface area contributed by atoms with Crippen molar-refractivity contribution >= 4 is 43.5 Å². The van der Waals surface area contributed by atoms with E-state index in [-0.39, 0.29) is 24.0 Å². The average Bonchev–Trinajstić information content (AvgIpc) is 3.79. The number of sulfone groups is 1. The summed E-state index contributed by atoms with van der Waals surface area (Å²) < 4.78 is 38.0. The predicted octanol–water partition coefficient (Wildman–Crippen LogP) is 6.09. The largest absolute Gasteiger partial charge is 0.337 e. The summed E-state index contributed by atoms with van der Waals surface area (Å²) >= 11 is 0. The van der Waals surface area contributed by atoms with E-state index in [1.807, 2.05) is 30.3 Å². The summed E-state index contributed by atoms with van der Waals surface area (Å²) in [4.78, 5) is 29.8. The van der Waals surface area contributed by atoms with Crippen molar-refractivity contribution in [1.82, 2.24) is 30.1 Å². The van der Waals surface area contributed by atoms with Crippen LogP contribution in [0.3, 0.4) is 0 Å². The maximum atomic E-state index is 14.6. The van der Waals surface area contributed by atoms with Crippen molar-refractivity contribution in [2.75, 3.05) is 17.3 Å². The number of H-pyrrole nitrogens is 2. The van der Waals surface area contributed by atoms with Crippen LogP contribution in [-0.2, 0) is 21.1 Å². The minimum atomic E-state index is -3.19. The zero-order chi connectivity index (χ0) is 31.1. The Morgan fingerprint density at radius 3 is 2.67 bits per heavy atom. The summed E-state index contributed by atoms with van der Waals surface area (Å²) in [5.74, 6) is 0.101. The maximum absolute atomic E-state index is 14.6. The molecule has 6 aromatic rings. The van der Waals surface area contributed by atoms with Gasteiger partial charge in [-0.15, -0.1) is 0 Å². The molecule has 228 valence electrons. The Morgan fingerprint density at radius 2 is 1.84 bits per heavy atom. The fraction of sp³-hybridized carbons (Fsp3) is 0.242. The van der Waals surface area contributed by atoms with Gasteiger partial charge in [0.25, 0.3) is 0 Å². The van der Waals surface area contributed by atoms with Gasteiger partial charge in [-0.3, -0.25) is 14.9 Å². The lowest BCUT2D eigenvalue weighted by atomic mass is 10.0. The van der Waals surface area contributed by atoms with Crippen LogP contribution in [0.15, 0.2) is 67.1 Å². The number of rotatable bonds is 8. The number of nitrogens with one attached hydrogen (secondary N) is 3. The van der Waals surface area contributed by atoms with E-state index in [1.54, 1.807) is 24.7 Å². The highest BCUT2D eigenvalue weighted by atomic mass is 32.2. The molecule has 45 heavy (non-hydrogen) atoms. The Kier molecular flexibility index (Phi) is 7.36. The summed E-state index contributed by atoms with van der Waals surface area (Å²) in [5, 5.41) is 11.2. The SMILES string of the molecule is CS(=O)(=O)CCc1cc(F)cc(-c2cccc3[nH]c(-c4[nH]nc5ncc(-c6cncc(NC(=O)C7CCCC7)c6)cc45)nc23)c1. The number of fused-ring (bicyclic) bond motifs is 2. The van der Waals surface area contributed by atoms with E-state index in [1.165, 1.54) is 18.4 Å². The number of halogens is 1. The number of nitrogens with zero attached hydrogens (tertiary/aromatic N) is 4. The second-order valence-corrected chi connectivity index (χ2v) is 13.9. The molecule has 0 aliphatic heterocycles. The molecule has 4 heterocycles. The van der Waals surface area contributed by atoms with Crippen LogP contribution in [0.25, 0.3) is 55.8 Å². The molecule has 4 aromatic heterocycles. The van der Waals surface area contributed by atoms with Gasteiger partial charge < -0.3 is 10.3 Å². The molecule has 0 radical (unpaired) electrons. The predicted molar refractivity (Wildman–Crippen MR) is 172 cm³/mol. The van der Waals surface area contributed by atoms with E-state index in [0.29, 0.717) is 45.1 Å². The lowest BCUT2D eigenvalue weighted by Gasteiger charge is -2.11. The van der Waals surface area contributed by atoms with E-state index in [4.69, 9.17) is 4.98 Å². The van der Waals surface area contributed by atoms with Crippen molar-refractivity contribution in [3.63, 3.8) is 0 Å². The van der Waals surface area contributed by atoms with Gasteiger partial charge in [-0.25, -0.2) is 22.8 Å². The van der Waals surface area contributed by atoms with Crippen molar-refractivity contribution in [3.8, 4) is 33.8 Å². The third kappa shape index (κ3) is 6.05. The number of hydrogen-bond acceptors (Lipinski definition) is 7. The van der Waals surface area contributed by atoms with Crippen molar-refractivity contribution < 1.29 is 17.6 Å². The molecule has 0 spiro atoms. The number of carbonyl (C=O) groups excluding carboxylic acids is 1. The van der Waals surface area contributed by atoms with E-state index >= 15 is 0 Å². The van der Waals surface area contributed by atoms with E-state index in [9.17, 15) is 17.6 Å².